The molecule has 0 saturated carbocycles. The van der Waals surface area contributed by atoms with Crippen LogP contribution in [0.25, 0.3) is 11.1 Å². The third kappa shape index (κ3) is 1.60. The molecule has 1 aliphatic heterocycles. The van der Waals surface area contributed by atoms with E-state index in [9.17, 15) is 4.79 Å². The number of benzene rings is 2. The number of aryl methyl sites for hydroxylation is 1. The Hall–Kier alpha value is -2.09. The Morgan fingerprint density at radius 3 is 2.74 bits per heavy atom. The van der Waals surface area contributed by atoms with Crippen molar-refractivity contribution in [3.05, 3.63) is 53.1 Å². The van der Waals surface area contributed by atoms with Crippen LogP contribution in [0, 0.1) is 0 Å². The van der Waals surface area contributed by atoms with E-state index in [1.54, 1.807) is 0 Å². The fraction of sp³-hybridized carbons (Fsp3) is 0.235. The molecule has 19 heavy (non-hydrogen) atoms. The minimum atomic E-state index is 0.256. The minimum Gasteiger partial charge on any atom is -0.488 e. The van der Waals surface area contributed by atoms with Crippen molar-refractivity contribution in [1.29, 1.82) is 0 Å². The fourth-order valence-corrected chi connectivity index (χ4v) is 3.06. The van der Waals surface area contributed by atoms with E-state index in [0.29, 0.717) is 13.0 Å². The molecule has 1 heterocycles. The van der Waals surface area contributed by atoms with Crippen molar-refractivity contribution in [2.75, 3.05) is 0 Å². The molecule has 0 radical (unpaired) electrons. The van der Waals surface area contributed by atoms with Crippen LogP contribution in [0.1, 0.15) is 34.3 Å². The van der Waals surface area contributed by atoms with Crippen molar-refractivity contribution >= 4 is 5.78 Å². The first-order valence-corrected chi connectivity index (χ1v) is 6.74. The zero-order chi connectivity index (χ0) is 12.8. The first-order valence-electron chi connectivity index (χ1n) is 6.74. The number of Topliss-reactive ketones (excluding diaryl/α,β-unsaturated/α-hetero) is 1. The van der Waals surface area contributed by atoms with E-state index in [4.69, 9.17) is 4.74 Å². The Kier molecular flexibility index (Phi) is 2.25. The van der Waals surface area contributed by atoms with Gasteiger partial charge in [-0.25, -0.2) is 0 Å². The van der Waals surface area contributed by atoms with Crippen molar-refractivity contribution in [2.24, 2.45) is 0 Å². The van der Waals surface area contributed by atoms with Crippen molar-refractivity contribution in [3.63, 3.8) is 0 Å². The number of carbonyl (C=O) groups is 1. The summed E-state index contributed by atoms with van der Waals surface area (Å²) in [6.45, 7) is 0.593. The molecule has 0 saturated heterocycles. The molecule has 2 aliphatic rings. The number of ketones is 1. The number of carbonyl (C=O) groups excluding carboxylic acids is 1. The smallest absolute Gasteiger partial charge is 0.163 e. The summed E-state index contributed by atoms with van der Waals surface area (Å²) in [6, 6.07) is 12.4. The lowest BCUT2D eigenvalue weighted by atomic mass is 9.86. The van der Waals surface area contributed by atoms with Gasteiger partial charge in [0.1, 0.15) is 12.4 Å². The van der Waals surface area contributed by atoms with E-state index in [1.165, 1.54) is 16.7 Å². The van der Waals surface area contributed by atoms with Crippen LogP contribution in [0.5, 0.6) is 5.75 Å². The second-order valence-electron chi connectivity index (χ2n) is 5.23. The van der Waals surface area contributed by atoms with Crippen LogP contribution in [0.3, 0.4) is 0 Å². The van der Waals surface area contributed by atoms with Crippen LogP contribution in [0.15, 0.2) is 36.4 Å². The molecule has 0 fully saturated rings. The van der Waals surface area contributed by atoms with Gasteiger partial charge in [-0.2, -0.15) is 0 Å². The first-order chi connectivity index (χ1) is 9.33. The van der Waals surface area contributed by atoms with Gasteiger partial charge in [0.25, 0.3) is 0 Å². The number of hydrogen-bond acceptors (Lipinski definition) is 2. The molecule has 4 rings (SSSR count). The zero-order valence-electron chi connectivity index (χ0n) is 10.6. The van der Waals surface area contributed by atoms with E-state index in [2.05, 4.69) is 24.3 Å². The Morgan fingerprint density at radius 2 is 1.79 bits per heavy atom. The van der Waals surface area contributed by atoms with Crippen LogP contribution < -0.4 is 4.74 Å². The summed E-state index contributed by atoms with van der Waals surface area (Å²) in [6.07, 6.45) is 2.63. The van der Waals surface area contributed by atoms with Gasteiger partial charge in [-0.15, -0.1) is 0 Å². The molecule has 94 valence electrons. The van der Waals surface area contributed by atoms with Gasteiger partial charge < -0.3 is 4.74 Å². The normalized spacial score (nSPS) is 16.1. The summed E-state index contributed by atoms with van der Waals surface area (Å²) in [5.41, 5.74) is 5.64. The highest BCUT2D eigenvalue weighted by Gasteiger charge is 2.23. The molecule has 0 unspecified atom stereocenters. The highest BCUT2D eigenvalue weighted by molar-refractivity contribution is 6.00. The molecule has 0 amide bonds. The predicted molar refractivity (Wildman–Crippen MR) is 73.5 cm³/mol. The fourth-order valence-electron chi connectivity index (χ4n) is 3.06. The number of rotatable bonds is 0. The average Bonchev–Trinajstić information content (AvgIpc) is 2.46. The Labute approximate surface area is 112 Å². The van der Waals surface area contributed by atoms with Gasteiger partial charge >= 0.3 is 0 Å². The molecule has 0 N–H and O–H groups in total. The second kappa shape index (κ2) is 3.95. The van der Waals surface area contributed by atoms with Crippen LogP contribution in [0.4, 0.5) is 0 Å². The van der Waals surface area contributed by atoms with E-state index in [-0.39, 0.29) is 5.78 Å². The third-order valence-electron chi connectivity index (χ3n) is 4.05. The lowest BCUT2D eigenvalue weighted by molar-refractivity contribution is 0.0972. The van der Waals surface area contributed by atoms with Crippen molar-refractivity contribution in [1.82, 2.24) is 0 Å². The molecule has 2 nitrogen and oxygen atoms in total. The van der Waals surface area contributed by atoms with E-state index in [1.807, 2.05) is 12.1 Å². The summed E-state index contributed by atoms with van der Waals surface area (Å²) in [5, 5.41) is 0. The van der Waals surface area contributed by atoms with Gasteiger partial charge in [0.2, 0.25) is 0 Å². The van der Waals surface area contributed by atoms with Gasteiger partial charge in [-0.1, -0.05) is 24.3 Å². The van der Waals surface area contributed by atoms with Crippen LogP contribution in [0.2, 0.25) is 0 Å². The molecule has 2 aromatic rings. The maximum Gasteiger partial charge on any atom is 0.163 e. The molecular formula is C17H14O2. The van der Waals surface area contributed by atoms with Gasteiger partial charge in [-0.05, 0) is 41.7 Å². The molecule has 2 heteroatoms. The topological polar surface area (TPSA) is 26.3 Å². The predicted octanol–water partition coefficient (Wildman–Crippen LogP) is 3.77. The Morgan fingerprint density at radius 1 is 0.895 bits per heavy atom. The molecule has 0 spiro atoms. The highest BCUT2D eigenvalue weighted by atomic mass is 16.5. The van der Waals surface area contributed by atoms with Crippen molar-refractivity contribution < 1.29 is 9.53 Å². The van der Waals surface area contributed by atoms with Crippen LogP contribution >= 0.6 is 0 Å². The maximum absolute atomic E-state index is 12.0. The van der Waals surface area contributed by atoms with Crippen molar-refractivity contribution in [2.45, 2.75) is 25.9 Å². The SMILES string of the molecule is O=C1CCCc2cc3c(cc21)OCc1ccccc1-3. The van der Waals surface area contributed by atoms with Crippen LogP contribution in [-0.2, 0) is 13.0 Å². The van der Waals surface area contributed by atoms with Crippen LogP contribution in [-0.4, -0.2) is 5.78 Å². The summed E-state index contributed by atoms with van der Waals surface area (Å²) in [4.78, 5) is 12.0. The molecule has 0 atom stereocenters. The zero-order valence-corrected chi connectivity index (χ0v) is 10.6. The maximum atomic E-state index is 12.0. The quantitative estimate of drug-likeness (QED) is 0.711. The molecular weight excluding hydrogens is 236 g/mol. The third-order valence-corrected chi connectivity index (χ3v) is 4.05. The summed E-state index contributed by atoms with van der Waals surface area (Å²) in [7, 11) is 0. The van der Waals surface area contributed by atoms with Gasteiger partial charge in [0.15, 0.2) is 5.78 Å². The summed E-state index contributed by atoms with van der Waals surface area (Å²) in [5.74, 6) is 1.11. The molecule has 0 bridgehead atoms. The Balaban J connectivity index is 1.95. The largest absolute Gasteiger partial charge is 0.488 e. The number of ether oxygens (including phenoxy) is 1. The van der Waals surface area contributed by atoms with Gasteiger partial charge in [0, 0.05) is 17.5 Å². The molecule has 2 aromatic carbocycles. The van der Waals surface area contributed by atoms with E-state index >= 15 is 0 Å². The minimum absolute atomic E-state index is 0.256. The van der Waals surface area contributed by atoms with Crippen molar-refractivity contribution in [3.8, 4) is 16.9 Å². The number of fused-ring (bicyclic) bond motifs is 4. The lowest BCUT2D eigenvalue weighted by Gasteiger charge is -2.24. The molecule has 1 aliphatic carbocycles. The van der Waals surface area contributed by atoms with E-state index < -0.39 is 0 Å². The second-order valence-corrected chi connectivity index (χ2v) is 5.23. The molecule has 0 aromatic heterocycles. The monoisotopic (exact) mass is 250 g/mol. The average molecular weight is 250 g/mol. The number of hydrogen-bond donors (Lipinski definition) is 0. The first kappa shape index (κ1) is 10.8. The van der Waals surface area contributed by atoms with Gasteiger partial charge in [-0.3, -0.25) is 4.79 Å². The van der Waals surface area contributed by atoms with Gasteiger partial charge in [0.05, 0.1) is 0 Å². The summed E-state index contributed by atoms with van der Waals surface area (Å²) < 4.78 is 5.81. The Bertz CT molecular complexity index is 686. The van der Waals surface area contributed by atoms with E-state index in [0.717, 1.165) is 29.7 Å². The highest BCUT2D eigenvalue weighted by Crippen LogP contribution is 2.40. The lowest BCUT2D eigenvalue weighted by Crippen LogP contribution is -2.13. The summed E-state index contributed by atoms with van der Waals surface area (Å²) >= 11 is 0. The standard InChI is InChI=1S/C17H14O2/c18-16-7-3-5-11-8-15-13-6-2-1-4-12(13)10-19-17(15)9-14(11)16/h1-2,4,6,8-9H,3,5,7,10H2.